The molecule has 0 radical (unpaired) electrons. The van der Waals surface area contributed by atoms with Gasteiger partial charge >= 0.3 is 0 Å². The van der Waals surface area contributed by atoms with Gasteiger partial charge in [0.05, 0.1) is 5.02 Å². The highest BCUT2D eigenvalue weighted by atomic mass is 79.9. The van der Waals surface area contributed by atoms with Crippen molar-refractivity contribution in [2.45, 2.75) is 6.54 Å². The topological polar surface area (TPSA) is 12.0 Å². The Kier molecular flexibility index (Phi) is 4.48. The van der Waals surface area contributed by atoms with Crippen LogP contribution in [0.15, 0.2) is 51.4 Å². The second-order valence-corrected chi connectivity index (χ2v) is 5.79. The van der Waals surface area contributed by atoms with Crippen molar-refractivity contribution in [2.75, 3.05) is 5.32 Å². The number of benzene rings is 2. The Labute approximate surface area is 122 Å². The Balaban J connectivity index is 2.02. The van der Waals surface area contributed by atoms with Crippen molar-refractivity contribution in [2.24, 2.45) is 0 Å². The van der Waals surface area contributed by atoms with Crippen LogP contribution in [0.25, 0.3) is 0 Å². The van der Waals surface area contributed by atoms with E-state index in [1.54, 1.807) is 0 Å². The van der Waals surface area contributed by atoms with Crippen LogP contribution >= 0.6 is 43.5 Å². The number of hydrogen-bond donors (Lipinski definition) is 1. The largest absolute Gasteiger partial charge is 0.381 e. The molecule has 0 aliphatic heterocycles. The van der Waals surface area contributed by atoms with Crippen molar-refractivity contribution in [3.05, 3.63) is 62.0 Å². The predicted molar refractivity (Wildman–Crippen MR) is 80.6 cm³/mol. The molecule has 2 rings (SSSR count). The van der Waals surface area contributed by atoms with E-state index in [2.05, 4.69) is 37.2 Å². The molecule has 0 aliphatic rings. The summed E-state index contributed by atoms with van der Waals surface area (Å²) in [5, 5.41) is 4.08. The minimum absolute atomic E-state index is 0.734. The van der Waals surface area contributed by atoms with Gasteiger partial charge in [-0.2, -0.15) is 0 Å². The molecule has 1 N–H and O–H groups in total. The van der Waals surface area contributed by atoms with Crippen LogP contribution in [0.5, 0.6) is 0 Å². The lowest BCUT2D eigenvalue weighted by molar-refractivity contribution is 1.15. The first kappa shape index (κ1) is 12.9. The number of rotatable bonds is 3. The van der Waals surface area contributed by atoms with Crippen molar-refractivity contribution in [1.29, 1.82) is 0 Å². The molecule has 0 aromatic heterocycles. The normalized spacial score (nSPS) is 10.3. The van der Waals surface area contributed by atoms with E-state index in [4.69, 9.17) is 11.6 Å². The molecule has 0 amide bonds. The highest BCUT2D eigenvalue weighted by Crippen LogP contribution is 2.23. The molecular formula is C13H10Br2ClN. The van der Waals surface area contributed by atoms with Gasteiger partial charge in [-0.1, -0.05) is 33.6 Å². The molecule has 0 atom stereocenters. The van der Waals surface area contributed by atoms with Gasteiger partial charge in [0.2, 0.25) is 0 Å². The summed E-state index contributed by atoms with van der Waals surface area (Å²) in [6.45, 7) is 0.775. The standard InChI is InChI=1S/C13H10Br2ClN/c14-10-2-4-11(5-3-10)17-8-9-1-6-13(16)12(15)7-9/h1-7,17H,8H2. The highest BCUT2D eigenvalue weighted by Gasteiger charge is 1.99. The summed E-state index contributed by atoms with van der Waals surface area (Å²) in [7, 11) is 0. The van der Waals surface area contributed by atoms with E-state index in [9.17, 15) is 0 Å². The van der Waals surface area contributed by atoms with Crippen molar-refractivity contribution in [3.8, 4) is 0 Å². The van der Waals surface area contributed by atoms with Crippen molar-refractivity contribution in [3.63, 3.8) is 0 Å². The van der Waals surface area contributed by atoms with E-state index in [0.717, 1.165) is 26.2 Å². The lowest BCUT2D eigenvalue weighted by Crippen LogP contribution is -1.98. The van der Waals surface area contributed by atoms with Gasteiger partial charge in [-0.3, -0.25) is 0 Å². The van der Waals surface area contributed by atoms with E-state index in [-0.39, 0.29) is 0 Å². The second-order valence-electron chi connectivity index (χ2n) is 3.61. The molecule has 0 heterocycles. The molecule has 0 aliphatic carbocycles. The Morgan fingerprint density at radius 1 is 1.00 bits per heavy atom. The maximum absolute atomic E-state index is 5.94. The number of halogens is 3. The van der Waals surface area contributed by atoms with Gasteiger partial charge in [0, 0.05) is 21.2 Å². The van der Waals surface area contributed by atoms with Crippen LogP contribution in [-0.2, 0) is 6.54 Å². The zero-order valence-electron chi connectivity index (χ0n) is 8.88. The maximum Gasteiger partial charge on any atom is 0.0548 e. The Morgan fingerprint density at radius 3 is 2.35 bits per heavy atom. The molecule has 0 saturated heterocycles. The molecule has 2 aromatic rings. The first-order valence-electron chi connectivity index (χ1n) is 5.08. The fourth-order valence-corrected chi connectivity index (χ4v) is 2.23. The summed E-state index contributed by atoms with van der Waals surface area (Å²) in [6.07, 6.45) is 0. The number of nitrogens with one attached hydrogen (secondary N) is 1. The maximum atomic E-state index is 5.94. The molecule has 0 spiro atoms. The van der Waals surface area contributed by atoms with Crippen LogP contribution < -0.4 is 5.32 Å². The summed E-state index contributed by atoms with van der Waals surface area (Å²) in [6, 6.07) is 14.0. The summed E-state index contributed by atoms with van der Waals surface area (Å²) >= 11 is 12.8. The van der Waals surface area contributed by atoms with Gasteiger partial charge in [-0.15, -0.1) is 0 Å². The SMILES string of the molecule is Clc1ccc(CNc2ccc(Br)cc2)cc1Br. The van der Waals surface area contributed by atoms with E-state index in [1.807, 2.05) is 42.5 Å². The predicted octanol–water partition coefficient (Wildman–Crippen LogP) is 5.48. The Morgan fingerprint density at radius 2 is 1.71 bits per heavy atom. The summed E-state index contributed by atoms with van der Waals surface area (Å²) in [5.41, 5.74) is 2.28. The van der Waals surface area contributed by atoms with Crippen LogP contribution in [0.1, 0.15) is 5.56 Å². The molecule has 0 bridgehead atoms. The van der Waals surface area contributed by atoms with Crippen molar-refractivity contribution < 1.29 is 0 Å². The molecule has 17 heavy (non-hydrogen) atoms. The lowest BCUT2D eigenvalue weighted by Gasteiger charge is -2.07. The molecule has 0 fully saturated rings. The summed E-state index contributed by atoms with van der Waals surface area (Å²) < 4.78 is 2.01. The molecule has 88 valence electrons. The van der Waals surface area contributed by atoms with E-state index < -0.39 is 0 Å². The van der Waals surface area contributed by atoms with Gasteiger partial charge in [-0.25, -0.2) is 0 Å². The third-order valence-corrected chi connectivity index (χ3v) is 4.07. The molecule has 2 aromatic carbocycles. The van der Waals surface area contributed by atoms with E-state index >= 15 is 0 Å². The smallest absolute Gasteiger partial charge is 0.0548 e. The number of anilines is 1. The van der Waals surface area contributed by atoms with Crippen LogP contribution in [0.4, 0.5) is 5.69 Å². The van der Waals surface area contributed by atoms with Crippen molar-refractivity contribution in [1.82, 2.24) is 0 Å². The Bertz CT molecular complexity index is 511. The first-order chi connectivity index (χ1) is 8.15. The molecule has 0 saturated carbocycles. The van der Waals surface area contributed by atoms with Crippen LogP contribution in [-0.4, -0.2) is 0 Å². The third kappa shape index (κ3) is 3.73. The van der Waals surface area contributed by atoms with Crippen LogP contribution in [0.3, 0.4) is 0 Å². The van der Waals surface area contributed by atoms with Gasteiger partial charge in [-0.05, 0) is 57.9 Å². The number of hydrogen-bond acceptors (Lipinski definition) is 1. The average molecular weight is 375 g/mol. The monoisotopic (exact) mass is 373 g/mol. The third-order valence-electron chi connectivity index (χ3n) is 2.32. The van der Waals surface area contributed by atoms with Gasteiger partial charge in [0.15, 0.2) is 0 Å². The van der Waals surface area contributed by atoms with Crippen molar-refractivity contribution >= 4 is 49.1 Å². The summed E-state index contributed by atoms with van der Waals surface area (Å²) in [4.78, 5) is 0. The quantitative estimate of drug-likeness (QED) is 0.749. The fraction of sp³-hybridized carbons (Fsp3) is 0.0769. The first-order valence-corrected chi connectivity index (χ1v) is 7.05. The minimum atomic E-state index is 0.734. The van der Waals surface area contributed by atoms with Crippen LogP contribution in [0, 0.1) is 0 Å². The van der Waals surface area contributed by atoms with E-state index in [0.29, 0.717) is 0 Å². The second kappa shape index (κ2) is 5.89. The van der Waals surface area contributed by atoms with Gasteiger partial charge < -0.3 is 5.32 Å². The molecular weight excluding hydrogens is 365 g/mol. The molecule has 4 heteroatoms. The van der Waals surface area contributed by atoms with E-state index in [1.165, 1.54) is 5.56 Å². The van der Waals surface area contributed by atoms with Gasteiger partial charge in [0.25, 0.3) is 0 Å². The minimum Gasteiger partial charge on any atom is -0.381 e. The van der Waals surface area contributed by atoms with Gasteiger partial charge in [0.1, 0.15) is 0 Å². The highest BCUT2D eigenvalue weighted by molar-refractivity contribution is 9.10. The molecule has 1 nitrogen and oxygen atoms in total. The zero-order valence-corrected chi connectivity index (χ0v) is 12.8. The molecule has 0 unspecified atom stereocenters. The summed E-state index contributed by atoms with van der Waals surface area (Å²) in [5.74, 6) is 0. The zero-order chi connectivity index (χ0) is 12.3. The van der Waals surface area contributed by atoms with Crippen LogP contribution in [0.2, 0.25) is 5.02 Å². The lowest BCUT2D eigenvalue weighted by atomic mass is 10.2. The average Bonchev–Trinajstić information content (AvgIpc) is 2.33. The Hall–Kier alpha value is -0.510. The fourth-order valence-electron chi connectivity index (χ4n) is 1.42.